The summed E-state index contributed by atoms with van der Waals surface area (Å²) in [6, 6.07) is 16.4. The molecule has 2 aromatic carbocycles. The van der Waals surface area contributed by atoms with E-state index in [1.807, 2.05) is 37.3 Å². The number of benzene rings is 2. The Kier molecular flexibility index (Phi) is 4.49. The number of hydrogen-bond acceptors (Lipinski definition) is 2. The van der Waals surface area contributed by atoms with Gasteiger partial charge >= 0.3 is 0 Å². The van der Waals surface area contributed by atoms with Crippen molar-refractivity contribution in [3.63, 3.8) is 0 Å². The molecule has 3 rings (SSSR count). The highest BCUT2D eigenvalue weighted by Crippen LogP contribution is 2.34. The Hall–Kier alpha value is -2.13. The van der Waals surface area contributed by atoms with E-state index in [-0.39, 0.29) is 23.2 Å². The number of fused-ring (bicyclic) bond motifs is 1. The Bertz CT molecular complexity index is 692. The minimum Gasteiger partial charge on any atom is -0.269 e. The first-order valence-corrected chi connectivity index (χ1v) is 8.19. The number of alkyl halides is 1. The van der Waals surface area contributed by atoms with Gasteiger partial charge in [0.1, 0.15) is 0 Å². The van der Waals surface area contributed by atoms with E-state index in [0.29, 0.717) is 17.5 Å². The van der Waals surface area contributed by atoms with E-state index in [1.54, 1.807) is 24.3 Å². The van der Waals surface area contributed by atoms with Crippen LogP contribution in [0.5, 0.6) is 0 Å². The number of rotatable bonds is 5. The number of nitrogens with zero attached hydrogens (tertiary/aromatic N) is 1. The van der Waals surface area contributed by atoms with E-state index < -0.39 is 0 Å². The van der Waals surface area contributed by atoms with Crippen LogP contribution in [0.3, 0.4) is 0 Å². The Morgan fingerprint density at radius 3 is 1.91 bits per heavy atom. The maximum Gasteiger partial charge on any atom is 0.262 e. The first-order chi connectivity index (χ1) is 11.1. The van der Waals surface area contributed by atoms with Crippen molar-refractivity contribution < 1.29 is 9.59 Å². The molecule has 0 aliphatic carbocycles. The summed E-state index contributed by atoms with van der Waals surface area (Å²) < 4.78 is 0. The average molecular weight is 328 g/mol. The molecule has 0 saturated carbocycles. The Morgan fingerprint density at radius 1 is 0.870 bits per heavy atom. The quantitative estimate of drug-likeness (QED) is 0.601. The molecule has 2 atom stereocenters. The van der Waals surface area contributed by atoms with Gasteiger partial charge in [-0.1, -0.05) is 42.5 Å². The lowest BCUT2D eigenvalue weighted by molar-refractivity contribution is 0.0572. The van der Waals surface area contributed by atoms with Crippen LogP contribution in [0.1, 0.15) is 52.1 Å². The van der Waals surface area contributed by atoms with Gasteiger partial charge in [-0.25, -0.2) is 0 Å². The molecule has 1 aliphatic rings. The third-order valence-corrected chi connectivity index (χ3v) is 4.38. The molecule has 2 aromatic rings. The second kappa shape index (κ2) is 6.55. The predicted octanol–water partition coefficient (Wildman–Crippen LogP) is 4.43. The zero-order valence-corrected chi connectivity index (χ0v) is 13.7. The average Bonchev–Trinajstić information content (AvgIpc) is 2.81. The van der Waals surface area contributed by atoms with Gasteiger partial charge in [-0.2, -0.15) is 0 Å². The number of imide groups is 1. The molecule has 0 saturated heterocycles. The van der Waals surface area contributed by atoms with Crippen LogP contribution in [-0.4, -0.2) is 22.1 Å². The maximum absolute atomic E-state index is 12.7. The van der Waals surface area contributed by atoms with Crippen molar-refractivity contribution in [2.75, 3.05) is 0 Å². The lowest BCUT2D eigenvalue weighted by Crippen LogP contribution is -2.34. The maximum atomic E-state index is 12.7. The first-order valence-electron chi connectivity index (χ1n) is 7.75. The van der Waals surface area contributed by atoms with Crippen LogP contribution in [0.25, 0.3) is 0 Å². The molecule has 1 heterocycles. The molecule has 23 heavy (non-hydrogen) atoms. The fourth-order valence-electron chi connectivity index (χ4n) is 3.00. The summed E-state index contributed by atoms with van der Waals surface area (Å²) in [6.07, 6.45) is 1.38. The Labute approximate surface area is 140 Å². The van der Waals surface area contributed by atoms with Crippen molar-refractivity contribution in [2.45, 2.75) is 31.2 Å². The van der Waals surface area contributed by atoms with Gasteiger partial charge in [0.05, 0.1) is 17.2 Å². The molecule has 1 aliphatic heterocycles. The largest absolute Gasteiger partial charge is 0.269 e. The van der Waals surface area contributed by atoms with Gasteiger partial charge in [-0.3, -0.25) is 14.5 Å². The fourth-order valence-corrected chi connectivity index (χ4v) is 3.12. The number of halogens is 1. The van der Waals surface area contributed by atoms with Crippen molar-refractivity contribution in [1.82, 2.24) is 4.90 Å². The highest BCUT2D eigenvalue weighted by Gasteiger charge is 2.40. The molecule has 0 N–H and O–H groups in total. The van der Waals surface area contributed by atoms with Crippen LogP contribution < -0.4 is 0 Å². The molecule has 2 amide bonds. The molecule has 0 aromatic heterocycles. The van der Waals surface area contributed by atoms with E-state index in [2.05, 4.69) is 0 Å². The van der Waals surface area contributed by atoms with Gasteiger partial charge in [0.15, 0.2) is 0 Å². The standard InChI is InChI=1S/C19H18ClNO2/c1-13(20)11-12-17(14-7-3-2-4-8-14)21-18(22)15-9-5-6-10-16(15)19(21)23/h2-10,13,17H,11-12H2,1H3. The third kappa shape index (κ3) is 3.02. The summed E-state index contributed by atoms with van der Waals surface area (Å²) in [5.41, 5.74) is 1.93. The van der Waals surface area contributed by atoms with Crippen molar-refractivity contribution >= 4 is 23.4 Å². The zero-order valence-electron chi connectivity index (χ0n) is 12.9. The number of carbonyl (C=O) groups excluding carboxylic acids is 2. The highest BCUT2D eigenvalue weighted by molar-refractivity contribution is 6.21. The first kappa shape index (κ1) is 15.8. The second-order valence-corrected chi connectivity index (χ2v) is 6.56. The number of carbonyl (C=O) groups is 2. The van der Waals surface area contributed by atoms with Crippen LogP contribution in [-0.2, 0) is 0 Å². The van der Waals surface area contributed by atoms with E-state index in [9.17, 15) is 9.59 Å². The SMILES string of the molecule is CC(Cl)CCC(c1ccccc1)N1C(=O)c2ccccc2C1=O. The molecule has 3 nitrogen and oxygen atoms in total. The molecular weight excluding hydrogens is 310 g/mol. The topological polar surface area (TPSA) is 37.4 Å². The van der Waals surface area contributed by atoms with Gasteiger partial charge in [-0.05, 0) is 37.5 Å². The lowest BCUT2D eigenvalue weighted by Gasteiger charge is -2.27. The van der Waals surface area contributed by atoms with Crippen molar-refractivity contribution in [2.24, 2.45) is 0 Å². The van der Waals surface area contributed by atoms with E-state index >= 15 is 0 Å². The molecule has 118 valence electrons. The lowest BCUT2D eigenvalue weighted by atomic mass is 9.99. The molecular formula is C19H18ClNO2. The van der Waals surface area contributed by atoms with Crippen LogP contribution in [0, 0.1) is 0 Å². The molecule has 0 bridgehead atoms. The molecule has 0 fully saturated rings. The smallest absolute Gasteiger partial charge is 0.262 e. The summed E-state index contributed by atoms with van der Waals surface area (Å²) in [5, 5.41) is -0.00334. The summed E-state index contributed by atoms with van der Waals surface area (Å²) in [7, 11) is 0. The number of amides is 2. The summed E-state index contributed by atoms with van der Waals surface area (Å²) in [4.78, 5) is 26.9. The van der Waals surface area contributed by atoms with Crippen LogP contribution in [0.2, 0.25) is 0 Å². The molecule has 0 radical (unpaired) electrons. The summed E-state index contributed by atoms with van der Waals surface area (Å²) >= 11 is 6.09. The van der Waals surface area contributed by atoms with Gasteiger partial charge < -0.3 is 0 Å². The fraction of sp³-hybridized carbons (Fsp3) is 0.263. The van der Waals surface area contributed by atoms with Gasteiger partial charge in [0.2, 0.25) is 0 Å². The van der Waals surface area contributed by atoms with Gasteiger partial charge in [0, 0.05) is 5.38 Å². The van der Waals surface area contributed by atoms with Crippen molar-refractivity contribution in [3.8, 4) is 0 Å². The molecule has 2 unspecified atom stereocenters. The van der Waals surface area contributed by atoms with Crippen molar-refractivity contribution in [3.05, 3.63) is 71.3 Å². The van der Waals surface area contributed by atoms with Crippen LogP contribution in [0.4, 0.5) is 0 Å². The van der Waals surface area contributed by atoms with E-state index in [1.165, 1.54) is 4.90 Å². The highest BCUT2D eigenvalue weighted by atomic mass is 35.5. The second-order valence-electron chi connectivity index (χ2n) is 5.81. The third-order valence-electron chi connectivity index (χ3n) is 4.16. The van der Waals surface area contributed by atoms with Crippen LogP contribution in [0.15, 0.2) is 54.6 Å². The van der Waals surface area contributed by atoms with E-state index in [0.717, 1.165) is 12.0 Å². The Morgan fingerprint density at radius 2 is 1.39 bits per heavy atom. The minimum atomic E-state index is -0.287. The molecule has 4 heteroatoms. The number of hydrogen-bond donors (Lipinski definition) is 0. The summed E-state index contributed by atoms with van der Waals surface area (Å²) in [5.74, 6) is -0.441. The van der Waals surface area contributed by atoms with Gasteiger partial charge in [0.25, 0.3) is 11.8 Å². The predicted molar refractivity (Wildman–Crippen MR) is 90.7 cm³/mol. The van der Waals surface area contributed by atoms with E-state index in [4.69, 9.17) is 11.6 Å². The summed E-state index contributed by atoms with van der Waals surface area (Å²) in [6.45, 7) is 1.92. The molecule has 0 spiro atoms. The monoisotopic (exact) mass is 327 g/mol. The van der Waals surface area contributed by atoms with Crippen LogP contribution >= 0.6 is 11.6 Å². The van der Waals surface area contributed by atoms with Crippen molar-refractivity contribution in [1.29, 1.82) is 0 Å². The Balaban J connectivity index is 1.98. The minimum absolute atomic E-state index is 0.00334. The normalized spacial score (nSPS) is 16.3. The zero-order chi connectivity index (χ0) is 16.4. The van der Waals surface area contributed by atoms with Gasteiger partial charge in [-0.15, -0.1) is 11.6 Å².